The number of carbonyl (C=O) groups excluding carboxylic acids is 2. The third kappa shape index (κ3) is 3.39. The molecule has 8 nitrogen and oxygen atoms in total. The van der Waals surface area contributed by atoms with Gasteiger partial charge in [-0.2, -0.15) is 0 Å². The zero-order valence-electron chi connectivity index (χ0n) is 9.98. The molecule has 1 aliphatic heterocycles. The first-order chi connectivity index (χ1) is 8.36. The van der Waals surface area contributed by atoms with Gasteiger partial charge in [-0.1, -0.05) is 0 Å². The van der Waals surface area contributed by atoms with Gasteiger partial charge in [-0.15, -0.1) is 0 Å². The molecule has 0 bridgehead atoms. The van der Waals surface area contributed by atoms with E-state index >= 15 is 0 Å². The van der Waals surface area contributed by atoms with E-state index in [4.69, 9.17) is 19.3 Å². The van der Waals surface area contributed by atoms with Crippen LogP contribution in [0, 0.1) is 0 Å². The Hall–Kier alpha value is -1.22. The van der Waals surface area contributed by atoms with Gasteiger partial charge in [-0.05, 0) is 0 Å². The maximum atomic E-state index is 10.9. The molecule has 1 rings (SSSR count). The molecular weight excluding hydrogens is 248 g/mol. The largest absolute Gasteiger partial charge is 0.455 e. The second-order valence-corrected chi connectivity index (χ2v) is 3.89. The molecule has 1 fully saturated rings. The van der Waals surface area contributed by atoms with Crippen LogP contribution in [-0.2, 0) is 23.8 Å². The Morgan fingerprint density at radius 2 is 1.61 bits per heavy atom. The molecule has 8 heteroatoms. The number of aliphatic hydroxyl groups is 3. The lowest BCUT2D eigenvalue weighted by molar-refractivity contribution is -0.293. The number of hydrogen-bond acceptors (Lipinski definition) is 8. The Morgan fingerprint density at radius 3 is 2.06 bits per heavy atom. The highest BCUT2D eigenvalue weighted by atomic mass is 16.7. The lowest BCUT2D eigenvalue weighted by Gasteiger charge is -2.40. The summed E-state index contributed by atoms with van der Waals surface area (Å²) in [6.07, 6.45) is -6.78. The summed E-state index contributed by atoms with van der Waals surface area (Å²) < 4.78 is 14.4. The first-order valence-corrected chi connectivity index (χ1v) is 5.33. The molecule has 0 aliphatic carbocycles. The molecule has 0 spiro atoms. The summed E-state index contributed by atoms with van der Waals surface area (Å²) in [6, 6.07) is 0. The molecule has 0 aromatic heterocycles. The molecule has 3 N–H and O–H groups in total. The predicted molar refractivity (Wildman–Crippen MR) is 55.1 cm³/mol. The Bertz CT molecular complexity index is 317. The van der Waals surface area contributed by atoms with Crippen molar-refractivity contribution in [2.75, 3.05) is 6.61 Å². The van der Waals surface area contributed by atoms with Crippen LogP contribution in [0.5, 0.6) is 0 Å². The number of carbonyl (C=O) groups is 2. The Kier molecular flexibility index (Phi) is 5.03. The highest BCUT2D eigenvalue weighted by Gasteiger charge is 2.48. The maximum Gasteiger partial charge on any atom is 0.303 e. The van der Waals surface area contributed by atoms with Crippen LogP contribution in [0.25, 0.3) is 0 Å². The molecule has 2 unspecified atom stereocenters. The summed E-state index contributed by atoms with van der Waals surface area (Å²) in [6.45, 7) is 1.62. The van der Waals surface area contributed by atoms with Crippen molar-refractivity contribution < 1.29 is 39.1 Å². The standard InChI is InChI=1S/C10H16O8/c1-4(12)16-8-7(14)6(3-11)18-10(15)9(8)17-5(2)13/h6-11,14-15H,3H2,1-2H3/t6?,7-,8?,9-,10-/m0/s1. The number of aliphatic hydroxyl groups excluding tert-OH is 3. The van der Waals surface area contributed by atoms with Gasteiger partial charge in [-0.25, -0.2) is 0 Å². The van der Waals surface area contributed by atoms with Gasteiger partial charge in [0.1, 0.15) is 12.2 Å². The Balaban J connectivity index is 2.89. The van der Waals surface area contributed by atoms with E-state index in [0.29, 0.717) is 0 Å². The van der Waals surface area contributed by atoms with E-state index in [-0.39, 0.29) is 0 Å². The van der Waals surface area contributed by atoms with Crippen LogP contribution in [0.3, 0.4) is 0 Å². The molecule has 1 saturated heterocycles. The van der Waals surface area contributed by atoms with E-state index in [1.54, 1.807) is 0 Å². The topological polar surface area (TPSA) is 123 Å². The minimum atomic E-state index is -1.60. The van der Waals surface area contributed by atoms with E-state index < -0.39 is 49.3 Å². The SMILES string of the molecule is CC(=O)OC1[C@@H](O)C(CO)O[C@H](O)[C@H]1OC(C)=O. The molecule has 1 aliphatic rings. The number of ether oxygens (including phenoxy) is 3. The molecule has 1 heterocycles. The number of rotatable bonds is 3. The van der Waals surface area contributed by atoms with Gasteiger partial charge in [-0.3, -0.25) is 9.59 Å². The molecular formula is C10H16O8. The zero-order chi connectivity index (χ0) is 13.9. The summed E-state index contributed by atoms with van der Waals surface area (Å²) >= 11 is 0. The second-order valence-electron chi connectivity index (χ2n) is 3.89. The predicted octanol–water partition coefficient (Wildman–Crippen LogP) is -2.08. The molecule has 104 valence electrons. The van der Waals surface area contributed by atoms with Crippen LogP contribution in [-0.4, -0.2) is 64.6 Å². The minimum absolute atomic E-state index is 0.581. The normalized spacial score (nSPS) is 35.9. The monoisotopic (exact) mass is 264 g/mol. The minimum Gasteiger partial charge on any atom is -0.455 e. The van der Waals surface area contributed by atoms with Crippen molar-refractivity contribution in [3.63, 3.8) is 0 Å². The molecule has 5 atom stereocenters. The van der Waals surface area contributed by atoms with Crippen molar-refractivity contribution in [3.8, 4) is 0 Å². The van der Waals surface area contributed by atoms with Crippen LogP contribution in [0.1, 0.15) is 13.8 Å². The molecule has 0 radical (unpaired) electrons. The lowest BCUT2D eigenvalue weighted by atomic mass is 9.99. The van der Waals surface area contributed by atoms with Gasteiger partial charge in [0.05, 0.1) is 6.61 Å². The lowest BCUT2D eigenvalue weighted by Crippen LogP contribution is -2.60. The van der Waals surface area contributed by atoms with Crippen molar-refractivity contribution in [2.24, 2.45) is 0 Å². The first kappa shape index (κ1) is 14.8. The Morgan fingerprint density at radius 1 is 1.11 bits per heavy atom. The quantitative estimate of drug-likeness (QED) is 0.496. The maximum absolute atomic E-state index is 10.9. The van der Waals surface area contributed by atoms with E-state index in [1.165, 1.54) is 0 Å². The summed E-state index contributed by atoms with van der Waals surface area (Å²) in [7, 11) is 0. The second kappa shape index (κ2) is 6.10. The fourth-order valence-electron chi connectivity index (χ4n) is 1.70. The van der Waals surface area contributed by atoms with Crippen molar-refractivity contribution >= 4 is 11.9 Å². The van der Waals surface area contributed by atoms with Crippen LogP contribution in [0.2, 0.25) is 0 Å². The van der Waals surface area contributed by atoms with Gasteiger partial charge in [0.15, 0.2) is 18.5 Å². The number of esters is 2. The number of hydrogen-bond donors (Lipinski definition) is 3. The van der Waals surface area contributed by atoms with E-state index in [2.05, 4.69) is 0 Å². The van der Waals surface area contributed by atoms with Crippen molar-refractivity contribution in [2.45, 2.75) is 44.6 Å². The van der Waals surface area contributed by atoms with E-state index in [0.717, 1.165) is 13.8 Å². The molecule has 0 amide bonds. The smallest absolute Gasteiger partial charge is 0.303 e. The van der Waals surface area contributed by atoms with Crippen LogP contribution in [0.4, 0.5) is 0 Å². The summed E-state index contributed by atoms with van der Waals surface area (Å²) in [4.78, 5) is 21.8. The Labute approximate surface area is 103 Å². The first-order valence-electron chi connectivity index (χ1n) is 5.33. The van der Waals surface area contributed by atoms with Crippen LogP contribution < -0.4 is 0 Å². The van der Waals surface area contributed by atoms with Crippen molar-refractivity contribution in [1.82, 2.24) is 0 Å². The average Bonchev–Trinajstić information content (AvgIpc) is 2.27. The molecule has 0 aromatic carbocycles. The van der Waals surface area contributed by atoms with Crippen LogP contribution >= 0.6 is 0 Å². The van der Waals surface area contributed by atoms with Crippen LogP contribution in [0.15, 0.2) is 0 Å². The van der Waals surface area contributed by atoms with E-state index in [1.807, 2.05) is 0 Å². The van der Waals surface area contributed by atoms with Crippen molar-refractivity contribution in [3.05, 3.63) is 0 Å². The van der Waals surface area contributed by atoms with Gasteiger partial charge < -0.3 is 29.5 Å². The highest BCUT2D eigenvalue weighted by Crippen LogP contribution is 2.24. The van der Waals surface area contributed by atoms with Gasteiger partial charge in [0.2, 0.25) is 0 Å². The fraction of sp³-hybridized carbons (Fsp3) is 0.800. The average molecular weight is 264 g/mol. The highest BCUT2D eigenvalue weighted by molar-refractivity contribution is 5.67. The summed E-state index contributed by atoms with van der Waals surface area (Å²) in [5, 5.41) is 28.4. The summed E-state index contributed by atoms with van der Waals surface area (Å²) in [5.41, 5.74) is 0. The van der Waals surface area contributed by atoms with E-state index in [9.17, 15) is 19.8 Å². The molecule has 18 heavy (non-hydrogen) atoms. The van der Waals surface area contributed by atoms with Gasteiger partial charge in [0.25, 0.3) is 0 Å². The molecule has 0 saturated carbocycles. The van der Waals surface area contributed by atoms with Crippen molar-refractivity contribution in [1.29, 1.82) is 0 Å². The summed E-state index contributed by atoms with van der Waals surface area (Å²) in [5.74, 6) is -1.45. The third-order valence-corrected chi connectivity index (χ3v) is 2.42. The third-order valence-electron chi connectivity index (χ3n) is 2.42. The van der Waals surface area contributed by atoms with Gasteiger partial charge in [0, 0.05) is 13.8 Å². The molecule has 0 aromatic rings. The van der Waals surface area contributed by atoms with Gasteiger partial charge >= 0.3 is 11.9 Å². The zero-order valence-corrected chi connectivity index (χ0v) is 9.98. The fourth-order valence-corrected chi connectivity index (χ4v) is 1.70.